The van der Waals surface area contributed by atoms with Gasteiger partial charge in [0.15, 0.2) is 0 Å². The largest absolute Gasteiger partial charge is 0.481 e. The fourth-order valence-electron chi connectivity index (χ4n) is 0.894. The number of hydrogen-bond donors (Lipinski definition) is 3. The minimum Gasteiger partial charge on any atom is -0.481 e. The number of nitrogens with zero attached hydrogens (tertiary/aromatic N) is 1. The molecular weight excluding hydrogens is 222 g/mol. The minimum absolute atomic E-state index is 0.0592. The van der Waals surface area contributed by atoms with Crippen LogP contribution >= 0.6 is 0 Å². The van der Waals surface area contributed by atoms with Crippen LogP contribution in [-0.2, 0) is 9.59 Å². The molecule has 6 nitrogen and oxygen atoms in total. The number of carbonyl (C=O) groups excluding carboxylic acids is 1. The van der Waals surface area contributed by atoms with Crippen LogP contribution in [0.3, 0.4) is 0 Å². The van der Waals surface area contributed by atoms with Gasteiger partial charge in [-0.1, -0.05) is 13.8 Å². The molecule has 0 aliphatic carbocycles. The summed E-state index contributed by atoms with van der Waals surface area (Å²) in [7, 11) is 0. The second-order valence-electron chi connectivity index (χ2n) is 3.87. The van der Waals surface area contributed by atoms with Crippen molar-refractivity contribution in [2.75, 3.05) is 13.1 Å². The maximum atomic E-state index is 11.4. The number of hydrogen-bond acceptors (Lipinski definition) is 4. The molecule has 0 aromatic heterocycles. The molecule has 0 atom stereocenters. The summed E-state index contributed by atoms with van der Waals surface area (Å²) in [5.41, 5.74) is -0.0592. The highest BCUT2D eigenvalue weighted by molar-refractivity contribution is 5.97. The van der Waals surface area contributed by atoms with Crippen molar-refractivity contribution in [3.05, 3.63) is 11.8 Å². The Hall–Kier alpha value is -2.03. The first-order chi connectivity index (χ1) is 7.97. The third-order valence-corrected chi connectivity index (χ3v) is 1.77. The molecule has 0 bridgehead atoms. The van der Waals surface area contributed by atoms with Gasteiger partial charge in [0.05, 0.1) is 6.42 Å². The molecule has 6 heteroatoms. The van der Waals surface area contributed by atoms with E-state index in [9.17, 15) is 9.59 Å². The zero-order valence-electron chi connectivity index (χ0n) is 9.99. The molecule has 0 aromatic carbocycles. The Morgan fingerprint density at radius 2 is 2.12 bits per heavy atom. The number of carboxylic acids is 1. The molecule has 0 unspecified atom stereocenters. The number of nitriles is 1. The number of carboxylic acid groups (broad SMARTS) is 1. The summed E-state index contributed by atoms with van der Waals surface area (Å²) in [6.45, 7) is 4.56. The van der Waals surface area contributed by atoms with E-state index in [1.165, 1.54) is 6.20 Å². The van der Waals surface area contributed by atoms with Crippen molar-refractivity contribution in [1.82, 2.24) is 10.6 Å². The lowest BCUT2D eigenvalue weighted by atomic mass is 10.2. The van der Waals surface area contributed by atoms with E-state index in [4.69, 9.17) is 10.4 Å². The van der Waals surface area contributed by atoms with Gasteiger partial charge < -0.3 is 15.7 Å². The first-order valence-corrected chi connectivity index (χ1v) is 5.31. The normalized spacial score (nSPS) is 10.8. The van der Waals surface area contributed by atoms with Crippen LogP contribution in [0.2, 0.25) is 0 Å². The molecule has 0 aromatic rings. The van der Waals surface area contributed by atoms with Crippen LogP contribution in [0, 0.1) is 17.2 Å². The van der Waals surface area contributed by atoms with Crippen molar-refractivity contribution < 1.29 is 14.7 Å². The number of aliphatic carboxylic acids is 1. The van der Waals surface area contributed by atoms with Crippen molar-refractivity contribution in [2.24, 2.45) is 5.92 Å². The molecule has 0 radical (unpaired) electrons. The molecule has 17 heavy (non-hydrogen) atoms. The topological polar surface area (TPSA) is 102 Å². The predicted molar refractivity (Wildman–Crippen MR) is 61.8 cm³/mol. The first kappa shape index (κ1) is 15.0. The van der Waals surface area contributed by atoms with Gasteiger partial charge in [0.1, 0.15) is 11.6 Å². The summed E-state index contributed by atoms with van der Waals surface area (Å²) in [6.07, 6.45) is 1.17. The summed E-state index contributed by atoms with van der Waals surface area (Å²) < 4.78 is 0. The highest BCUT2D eigenvalue weighted by Gasteiger charge is 2.08. The van der Waals surface area contributed by atoms with Gasteiger partial charge in [-0.3, -0.25) is 9.59 Å². The third kappa shape index (κ3) is 7.85. The number of rotatable bonds is 7. The number of carbonyl (C=O) groups is 2. The fourth-order valence-corrected chi connectivity index (χ4v) is 0.894. The Bertz CT molecular complexity index is 342. The fraction of sp³-hybridized carbons (Fsp3) is 0.545. The highest BCUT2D eigenvalue weighted by atomic mass is 16.4. The van der Waals surface area contributed by atoms with Crippen LogP contribution in [0.25, 0.3) is 0 Å². The summed E-state index contributed by atoms with van der Waals surface area (Å²) in [6, 6.07) is 1.75. The van der Waals surface area contributed by atoms with Gasteiger partial charge in [0, 0.05) is 19.3 Å². The molecule has 0 fully saturated rings. The van der Waals surface area contributed by atoms with Crippen LogP contribution < -0.4 is 10.6 Å². The van der Waals surface area contributed by atoms with Crippen molar-refractivity contribution >= 4 is 11.9 Å². The van der Waals surface area contributed by atoms with Gasteiger partial charge >= 0.3 is 5.97 Å². The Morgan fingerprint density at radius 3 is 2.59 bits per heavy atom. The first-order valence-electron chi connectivity index (χ1n) is 5.31. The van der Waals surface area contributed by atoms with Crippen LogP contribution in [0.1, 0.15) is 20.3 Å². The van der Waals surface area contributed by atoms with Crippen LogP contribution in [0.15, 0.2) is 11.8 Å². The molecule has 0 aliphatic heterocycles. The maximum absolute atomic E-state index is 11.4. The second kappa shape index (κ2) is 8.16. The molecule has 0 rings (SSSR count). The van der Waals surface area contributed by atoms with Gasteiger partial charge in [-0.15, -0.1) is 0 Å². The maximum Gasteiger partial charge on any atom is 0.305 e. The predicted octanol–water partition coefficient (Wildman–Crippen LogP) is 0.230. The lowest BCUT2D eigenvalue weighted by Crippen LogP contribution is -2.29. The summed E-state index contributed by atoms with van der Waals surface area (Å²) in [4.78, 5) is 21.7. The molecule has 1 amide bonds. The molecule has 0 spiro atoms. The lowest BCUT2D eigenvalue weighted by molar-refractivity contribution is -0.136. The van der Waals surface area contributed by atoms with Gasteiger partial charge in [-0.05, 0) is 5.92 Å². The summed E-state index contributed by atoms with van der Waals surface area (Å²) >= 11 is 0. The zero-order valence-corrected chi connectivity index (χ0v) is 9.99. The van der Waals surface area contributed by atoms with Crippen molar-refractivity contribution in [2.45, 2.75) is 20.3 Å². The summed E-state index contributed by atoms with van der Waals surface area (Å²) in [5, 5.41) is 22.3. The Kier molecular flexibility index (Phi) is 7.19. The molecular formula is C11H17N3O3. The summed E-state index contributed by atoms with van der Waals surface area (Å²) in [5.74, 6) is -1.09. The van der Waals surface area contributed by atoms with Gasteiger partial charge in [0.25, 0.3) is 5.91 Å². The van der Waals surface area contributed by atoms with Crippen LogP contribution in [0.4, 0.5) is 0 Å². The van der Waals surface area contributed by atoms with E-state index in [-0.39, 0.29) is 18.5 Å². The Balaban J connectivity index is 4.13. The molecule has 0 heterocycles. The third-order valence-electron chi connectivity index (χ3n) is 1.77. The van der Waals surface area contributed by atoms with E-state index >= 15 is 0 Å². The van der Waals surface area contributed by atoms with E-state index in [0.717, 1.165) is 0 Å². The Labute approximate surface area is 100 Å². The Morgan fingerprint density at radius 1 is 1.47 bits per heavy atom. The van der Waals surface area contributed by atoms with E-state index < -0.39 is 11.9 Å². The molecule has 0 aliphatic rings. The molecule has 94 valence electrons. The SMILES string of the molecule is CC(C)CNC(=O)/C(C#N)=C\NCCC(=O)O. The second-order valence-corrected chi connectivity index (χ2v) is 3.87. The zero-order chi connectivity index (χ0) is 13.3. The average Bonchev–Trinajstić information content (AvgIpc) is 2.25. The molecule has 3 N–H and O–H groups in total. The standard InChI is InChI=1S/C11H17N3O3/c1-8(2)6-14-11(17)9(5-12)7-13-4-3-10(15)16/h7-8,13H,3-4,6H2,1-2H3,(H,14,17)(H,15,16)/b9-7-. The minimum atomic E-state index is -0.936. The lowest BCUT2D eigenvalue weighted by Gasteiger charge is -2.06. The average molecular weight is 239 g/mol. The van der Waals surface area contributed by atoms with E-state index in [2.05, 4.69) is 10.6 Å². The van der Waals surface area contributed by atoms with E-state index in [1.54, 1.807) is 6.07 Å². The monoisotopic (exact) mass is 239 g/mol. The van der Waals surface area contributed by atoms with E-state index in [1.807, 2.05) is 13.8 Å². The van der Waals surface area contributed by atoms with Crippen molar-refractivity contribution in [3.8, 4) is 6.07 Å². The highest BCUT2D eigenvalue weighted by Crippen LogP contribution is 1.93. The van der Waals surface area contributed by atoms with Crippen LogP contribution in [-0.4, -0.2) is 30.1 Å². The number of amides is 1. The molecule has 0 saturated heterocycles. The van der Waals surface area contributed by atoms with Gasteiger partial charge in [0.2, 0.25) is 0 Å². The van der Waals surface area contributed by atoms with Crippen LogP contribution in [0.5, 0.6) is 0 Å². The van der Waals surface area contributed by atoms with Crippen molar-refractivity contribution in [3.63, 3.8) is 0 Å². The molecule has 0 saturated carbocycles. The quantitative estimate of drug-likeness (QED) is 0.335. The van der Waals surface area contributed by atoms with Crippen molar-refractivity contribution in [1.29, 1.82) is 5.26 Å². The smallest absolute Gasteiger partial charge is 0.305 e. The van der Waals surface area contributed by atoms with E-state index in [0.29, 0.717) is 12.5 Å². The van der Waals surface area contributed by atoms with Gasteiger partial charge in [-0.2, -0.15) is 5.26 Å². The number of nitrogens with one attached hydrogen (secondary N) is 2. The van der Waals surface area contributed by atoms with Gasteiger partial charge in [-0.25, -0.2) is 0 Å².